The lowest BCUT2D eigenvalue weighted by atomic mass is 10.1. The zero-order valence-corrected chi connectivity index (χ0v) is 44.3. The van der Waals surface area contributed by atoms with Gasteiger partial charge in [0.2, 0.25) is 41.4 Å². The maximum absolute atomic E-state index is 13.9. The quantitative estimate of drug-likeness (QED) is 0.0244. The molecule has 7 rings (SSSR count). The Morgan fingerprint density at radius 2 is 1.42 bits per heavy atom. The monoisotopic (exact) mass is 1080 g/mol. The van der Waals surface area contributed by atoms with Crippen molar-refractivity contribution in [3.8, 4) is 5.75 Å². The van der Waals surface area contributed by atoms with Gasteiger partial charge in [0, 0.05) is 76.0 Å². The van der Waals surface area contributed by atoms with Crippen molar-refractivity contribution in [2.24, 2.45) is 17.2 Å². The van der Waals surface area contributed by atoms with Crippen molar-refractivity contribution in [3.63, 3.8) is 0 Å². The predicted octanol–water partition coefficient (Wildman–Crippen LogP) is 3.45. The molecular weight excluding hydrogens is 1010 g/mol. The van der Waals surface area contributed by atoms with Crippen molar-refractivity contribution in [2.75, 3.05) is 43.1 Å². The molecule has 408 valence electrons. The lowest BCUT2D eigenvalue weighted by molar-refractivity contribution is -0.139. The summed E-state index contributed by atoms with van der Waals surface area (Å²) in [6.07, 6.45) is 5.88. The summed E-state index contributed by atoms with van der Waals surface area (Å²) < 4.78 is 13.0. The number of anilines is 2. The third kappa shape index (κ3) is 13.4. The highest BCUT2D eigenvalue weighted by Gasteiger charge is 2.39. The lowest BCUT2D eigenvalue weighted by Gasteiger charge is -2.18. The highest BCUT2D eigenvalue weighted by molar-refractivity contribution is 8.00. The van der Waals surface area contributed by atoms with E-state index in [9.17, 15) is 38.4 Å². The van der Waals surface area contributed by atoms with Gasteiger partial charge in [-0.1, -0.05) is 18.6 Å². The number of carbonyl (C=O) groups excluding carboxylic acids is 7. The van der Waals surface area contributed by atoms with Crippen LogP contribution in [0.15, 0.2) is 54.6 Å². The number of rotatable bonds is 27. The van der Waals surface area contributed by atoms with Gasteiger partial charge in [0.05, 0.1) is 39.8 Å². The summed E-state index contributed by atoms with van der Waals surface area (Å²) in [4.78, 5) is 114. The Labute approximate surface area is 446 Å². The molecule has 1 saturated heterocycles. The normalized spacial score (nSPS) is 14.0. The van der Waals surface area contributed by atoms with E-state index in [2.05, 4.69) is 25.8 Å². The number of nitrogens with one attached hydrogen (secondary N) is 2. The van der Waals surface area contributed by atoms with Crippen molar-refractivity contribution in [2.45, 2.75) is 104 Å². The third-order valence-corrected chi connectivity index (χ3v) is 14.1. The number of likely N-dealkylation sites (tertiary alicyclic amines) is 1. The Morgan fingerprint density at radius 1 is 0.818 bits per heavy atom. The minimum atomic E-state index is -1.18. The number of nitrogens with two attached hydrogens (primary N) is 3. The molecule has 9 N–H and O–H groups in total. The summed E-state index contributed by atoms with van der Waals surface area (Å²) in [7, 11) is 1.68. The molecule has 1 unspecified atom stereocenters. The molecule has 1 aliphatic heterocycles. The molecule has 77 heavy (non-hydrogen) atoms. The number of amides is 7. The fourth-order valence-corrected chi connectivity index (χ4v) is 9.89. The highest BCUT2D eigenvalue weighted by atomic mass is 32.2. The fraction of sp³-hybridized carbons (Fsp3) is 0.412. The molecule has 1 aliphatic rings. The van der Waals surface area contributed by atoms with Crippen LogP contribution in [0.2, 0.25) is 0 Å². The van der Waals surface area contributed by atoms with Crippen LogP contribution in [0.1, 0.15) is 105 Å². The number of hydrogen-bond donors (Lipinski definition) is 6. The minimum Gasteiger partial charge on any atom is -0.491 e. The standard InChI is InChI=1S/C51H63N15O10S/c1-6-65-37(22-29(3)59-65)46(71)57-50-55-34-24-31(44(53)69)15-16-36(34)62(50)18-11-12-20-64-43-35(56-51(64)58-47(72)38-23-30(4)60-66(38)7-2)25-32(45(54)70)26-39(43)76-21-13-17-61(5)41(67)14-9-8-10-19-63-42(68)27-40(48(63)73)77-28-33(52)49(74)75/h11-12,15-16,22-26,33,40H,6-10,13-14,17-21,27-28,52H2,1-5H3,(H2,53,69)(H2,54,70)(H,74,75)(H,55,57,71)(H,56,58,72)/b12-11+/t33-,40?/m0/s1. The number of aromatic nitrogens is 8. The first-order chi connectivity index (χ1) is 36.8. The molecule has 2 aromatic carbocycles. The van der Waals surface area contributed by atoms with E-state index in [4.69, 9.17) is 32.0 Å². The number of imide groups is 1. The maximum Gasteiger partial charge on any atom is 0.321 e. The third-order valence-electron chi connectivity index (χ3n) is 12.8. The average molecular weight is 1080 g/mol. The summed E-state index contributed by atoms with van der Waals surface area (Å²) in [5.74, 6) is -3.70. The van der Waals surface area contributed by atoms with Crippen molar-refractivity contribution < 1.29 is 48.2 Å². The van der Waals surface area contributed by atoms with Crippen LogP contribution in [0.5, 0.6) is 5.75 Å². The SMILES string of the molecule is CCn1nc(C)cc1C(=O)Nc1nc2cc(C(N)=O)ccc2n1C/C=C/Cn1c(NC(=O)c2cc(C)nn2CC)nc2cc(C(N)=O)cc(OCCCN(C)C(=O)CCCCCN3C(=O)CC(SC[C@H](N)C(=O)O)C3=O)c21. The Bertz CT molecular complexity index is 3280. The summed E-state index contributed by atoms with van der Waals surface area (Å²) in [5.41, 5.74) is 21.0. The second kappa shape index (κ2) is 25.0. The number of primary amides is 2. The van der Waals surface area contributed by atoms with Gasteiger partial charge < -0.3 is 41.1 Å². The predicted molar refractivity (Wildman–Crippen MR) is 286 cm³/mol. The Balaban J connectivity index is 1.05. The second-order valence-electron chi connectivity index (χ2n) is 18.4. The number of hydrogen-bond acceptors (Lipinski definition) is 15. The van der Waals surface area contributed by atoms with Crippen LogP contribution >= 0.6 is 11.8 Å². The van der Waals surface area contributed by atoms with E-state index in [1.807, 2.05) is 26.0 Å². The number of unbranched alkanes of at least 4 members (excludes halogenated alkanes) is 2. The number of aryl methyl sites for hydroxylation is 4. The fourth-order valence-electron chi connectivity index (χ4n) is 8.78. The van der Waals surface area contributed by atoms with Gasteiger partial charge in [0.15, 0.2) is 0 Å². The lowest BCUT2D eigenvalue weighted by Crippen LogP contribution is -2.35. The zero-order chi connectivity index (χ0) is 55.7. The Kier molecular flexibility index (Phi) is 18.3. The largest absolute Gasteiger partial charge is 0.491 e. The Morgan fingerprint density at radius 3 is 2.03 bits per heavy atom. The van der Waals surface area contributed by atoms with Gasteiger partial charge in [-0.05, 0) is 89.4 Å². The number of aliphatic carboxylic acids is 1. The maximum atomic E-state index is 13.9. The van der Waals surface area contributed by atoms with Gasteiger partial charge >= 0.3 is 5.97 Å². The average Bonchev–Trinajstić information content (AvgIpc) is 4.21. The first-order valence-corrected chi connectivity index (χ1v) is 26.1. The molecule has 4 aromatic heterocycles. The number of carbonyl (C=O) groups is 8. The molecule has 0 bridgehead atoms. The van der Waals surface area contributed by atoms with Gasteiger partial charge in [-0.3, -0.25) is 63.3 Å². The molecule has 0 radical (unpaired) electrons. The highest BCUT2D eigenvalue weighted by Crippen LogP contribution is 2.32. The smallest absolute Gasteiger partial charge is 0.321 e. The van der Waals surface area contributed by atoms with E-state index in [-0.39, 0.29) is 91.3 Å². The van der Waals surface area contributed by atoms with Gasteiger partial charge in [0.25, 0.3) is 11.8 Å². The van der Waals surface area contributed by atoms with E-state index in [0.717, 1.165) is 11.8 Å². The van der Waals surface area contributed by atoms with Crippen molar-refractivity contribution in [3.05, 3.63) is 88.5 Å². The molecule has 26 heteroatoms. The molecule has 7 amide bonds. The first kappa shape index (κ1) is 56.3. The Hall–Kier alpha value is -8.39. The molecular formula is C51H63N15O10S. The van der Waals surface area contributed by atoms with Gasteiger partial charge in [-0.15, -0.1) is 11.8 Å². The number of fused-ring (bicyclic) bond motifs is 2. The van der Waals surface area contributed by atoms with E-state index < -0.39 is 40.9 Å². The molecule has 0 aliphatic carbocycles. The minimum absolute atomic E-state index is 0.00785. The number of imidazole rings is 2. The summed E-state index contributed by atoms with van der Waals surface area (Å²) in [6, 6.07) is 10.0. The first-order valence-electron chi connectivity index (χ1n) is 25.1. The molecule has 1 fully saturated rings. The summed E-state index contributed by atoms with van der Waals surface area (Å²) in [5, 5.41) is 23.0. The van der Waals surface area contributed by atoms with Crippen LogP contribution < -0.4 is 32.6 Å². The second-order valence-corrected chi connectivity index (χ2v) is 19.6. The van der Waals surface area contributed by atoms with Crippen molar-refractivity contribution in [1.29, 1.82) is 0 Å². The van der Waals surface area contributed by atoms with E-state index in [1.54, 1.807) is 74.6 Å². The number of carboxylic acid groups (broad SMARTS) is 1. The molecule has 2 atom stereocenters. The summed E-state index contributed by atoms with van der Waals surface area (Å²) >= 11 is 1.07. The van der Waals surface area contributed by atoms with Gasteiger partial charge in [0.1, 0.15) is 28.7 Å². The van der Waals surface area contributed by atoms with E-state index in [1.165, 1.54) is 17.0 Å². The molecule has 6 aromatic rings. The molecule has 5 heterocycles. The zero-order valence-electron chi connectivity index (χ0n) is 43.5. The number of carboxylic acids is 1. The summed E-state index contributed by atoms with van der Waals surface area (Å²) in [6.45, 7) is 9.10. The molecule has 0 spiro atoms. The molecule has 25 nitrogen and oxygen atoms in total. The van der Waals surface area contributed by atoms with E-state index in [0.29, 0.717) is 90.2 Å². The van der Waals surface area contributed by atoms with Crippen LogP contribution in [-0.4, -0.2) is 145 Å². The van der Waals surface area contributed by atoms with Crippen LogP contribution in [0.4, 0.5) is 11.9 Å². The number of thioether (sulfide) groups is 1. The van der Waals surface area contributed by atoms with Gasteiger partial charge in [-0.25, -0.2) is 9.97 Å². The van der Waals surface area contributed by atoms with Crippen LogP contribution in [0.25, 0.3) is 22.1 Å². The van der Waals surface area contributed by atoms with Crippen LogP contribution in [0, 0.1) is 13.8 Å². The number of nitrogens with zero attached hydrogens (tertiary/aromatic N) is 10. The van der Waals surface area contributed by atoms with Crippen molar-refractivity contribution >= 4 is 93.0 Å². The molecule has 0 saturated carbocycles. The topological polar surface area (TPSA) is 346 Å². The van der Waals surface area contributed by atoms with Crippen LogP contribution in [0.3, 0.4) is 0 Å². The van der Waals surface area contributed by atoms with Crippen LogP contribution in [-0.2, 0) is 45.4 Å². The number of benzene rings is 2. The number of ether oxygens (including phenoxy) is 1. The number of allylic oxidation sites excluding steroid dienone is 2. The van der Waals surface area contributed by atoms with E-state index >= 15 is 0 Å². The van der Waals surface area contributed by atoms with Crippen molar-refractivity contribution in [1.82, 2.24) is 48.5 Å². The van der Waals surface area contributed by atoms with Gasteiger partial charge in [-0.2, -0.15) is 10.2 Å².